The van der Waals surface area contributed by atoms with E-state index in [1.807, 2.05) is 0 Å². The Bertz CT molecular complexity index is 511. The zero-order chi connectivity index (χ0) is 15.7. The maximum atomic E-state index is 12.2. The SMILES string of the molecule is CN(CCCCCO)C(=O)c1cccc(/C=C/C(=O)O)c1. The zero-order valence-electron chi connectivity index (χ0n) is 12.2. The first-order chi connectivity index (χ1) is 10.0. The summed E-state index contributed by atoms with van der Waals surface area (Å²) in [4.78, 5) is 24.4. The van der Waals surface area contributed by atoms with Gasteiger partial charge in [0.05, 0.1) is 0 Å². The third kappa shape index (κ3) is 6.23. The van der Waals surface area contributed by atoms with E-state index < -0.39 is 5.97 Å². The molecule has 0 aromatic heterocycles. The number of carbonyl (C=O) groups excluding carboxylic acids is 1. The molecule has 0 heterocycles. The van der Waals surface area contributed by atoms with Crippen LogP contribution in [-0.4, -0.2) is 47.2 Å². The molecule has 0 fully saturated rings. The fraction of sp³-hybridized carbons (Fsp3) is 0.375. The van der Waals surface area contributed by atoms with Crippen molar-refractivity contribution in [3.8, 4) is 0 Å². The third-order valence-corrected chi connectivity index (χ3v) is 3.05. The van der Waals surface area contributed by atoms with Crippen LogP contribution in [0.4, 0.5) is 0 Å². The molecule has 1 aromatic rings. The molecular formula is C16H21NO4. The summed E-state index contributed by atoms with van der Waals surface area (Å²) in [6.07, 6.45) is 4.98. The van der Waals surface area contributed by atoms with Crippen LogP contribution in [0.15, 0.2) is 30.3 Å². The van der Waals surface area contributed by atoms with Gasteiger partial charge in [0.2, 0.25) is 0 Å². The van der Waals surface area contributed by atoms with Gasteiger partial charge < -0.3 is 15.1 Å². The lowest BCUT2D eigenvalue weighted by Gasteiger charge is -2.17. The van der Waals surface area contributed by atoms with Gasteiger partial charge in [0.15, 0.2) is 0 Å². The highest BCUT2D eigenvalue weighted by Crippen LogP contribution is 2.10. The molecule has 114 valence electrons. The largest absolute Gasteiger partial charge is 0.478 e. The number of aliphatic hydroxyl groups is 1. The number of aliphatic carboxylic acids is 1. The number of hydrogen-bond donors (Lipinski definition) is 2. The van der Waals surface area contributed by atoms with Crippen molar-refractivity contribution in [3.05, 3.63) is 41.5 Å². The van der Waals surface area contributed by atoms with Crippen LogP contribution in [0, 0.1) is 0 Å². The van der Waals surface area contributed by atoms with E-state index >= 15 is 0 Å². The Hall–Kier alpha value is -2.14. The number of amides is 1. The molecule has 2 N–H and O–H groups in total. The topological polar surface area (TPSA) is 77.8 Å². The molecule has 0 aliphatic carbocycles. The van der Waals surface area contributed by atoms with Crippen molar-refractivity contribution in [2.75, 3.05) is 20.2 Å². The van der Waals surface area contributed by atoms with Gasteiger partial charge in [-0.25, -0.2) is 4.79 Å². The van der Waals surface area contributed by atoms with E-state index in [2.05, 4.69) is 0 Å². The van der Waals surface area contributed by atoms with Crippen molar-refractivity contribution in [1.82, 2.24) is 4.90 Å². The minimum absolute atomic E-state index is 0.0930. The lowest BCUT2D eigenvalue weighted by atomic mass is 10.1. The Morgan fingerprint density at radius 3 is 2.67 bits per heavy atom. The summed E-state index contributed by atoms with van der Waals surface area (Å²) in [5.41, 5.74) is 1.21. The Balaban J connectivity index is 2.64. The maximum Gasteiger partial charge on any atom is 0.328 e. The highest BCUT2D eigenvalue weighted by atomic mass is 16.4. The number of unbranched alkanes of at least 4 members (excludes halogenated alkanes) is 2. The van der Waals surface area contributed by atoms with E-state index in [1.165, 1.54) is 6.08 Å². The lowest BCUT2D eigenvalue weighted by molar-refractivity contribution is -0.131. The van der Waals surface area contributed by atoms with Crippen LogP contribution >= 0.6 is 0 Å². The Morgan fingerprint density at radius 1 is 1.24 bits per heavy atom. The van der Waals surface area contributed by atoms with Crippen molar-refractivity contribution in [1.29, 1.82) is 0 Å². The number of carboxylic acids is 1. The van der Waals surface area contributed by atoms with E-state index in [0.29, 0.717) is 17.7 Å². The summed E-state index contributed by atoms with van der Waals surface area (Å²) < 4.78 is 0. The monoisotopic (exact) mass is 291 g/mol. The summed E-state index contributed by atoms with van der Waals surface area (Å²) in [7, 11) is 1.74. The van der Waals surface area contributed by atoms with Crippen LogP contribution < -0.4 is 0 Å². The van der Waals surface area contributed by atoms with Crippen molar-refractivity contribution >= 4 is 18.0 Å². The highest BCUT2D eigenvalue weighted by molar-refractivity contribution is 5.95. The molecular weight excluding hydrogens is 270 g/mol. The van der Waals surface area contributed by atoms with Crippen molar-refractivity contribution < 1.29 is 19.8 Å². The predicted octanol–water partition coefficient (Wildman–Crippen LogP) is 2.02. The zero-order valence-corrected chi connectivity index (χ0v) is 12.2. The maximum absolute atomic E-state index is 12.2. The van der Waals surface area contributed by atoms with Crippen LogP contribution in [0.2, 0.25) is 0 Å². The van der Waals surface area contributed by atoms with E-state index in [0.717, 1.165) is 25.3 Å². The summed E-state index contributed by atoms with van der Waals surface area (Å²) in [6.45, 7) is 0.809. The quantitative estimate of drug-likeness (QED) is 0.567. The van der Waals surface area contributed by atoms with Gasteiger partial charge in [-0.15, -0.1) is 0 Å². The van der Waals surface area contributed by atoms with Crippen molar-refractivity contribution in [2.24, 2.45) is 0 Å². The predicted molar refractivity (Wildman–Crippen MR) is 81.0 cm³/mol. The molecule has 0 spiro atoms. The Kier molecular flexibility index (Phi) is 7.18. The fourth-order valence-electron chi connectivity index (χ4n) is 1.90. The summed E-state index contributed by atoms with van der Waals surface area (Å²) in [5, 5.41) is 17.3. The number of hydrogen-bond acceptors (Lipinski definition) is 3. The summed E-state index contributed by atoms with van der Waals surface area (Å²) in [6, 6.07) is 6.86. The normalized spacial score (nSPS) is 10.8. The van der Waals surface area contributed by atoms with E-state index in [1.54, 1.807) is 36.2 Å². The van der Waals surface area contributed by atoms with Gasteiger partial charge in [-0.1, -0.05) is 12.1 Å². The first-order valence-electron chi connectivity index (χ1n) is 6.92. The van der Waals surface area contributed by atoms with Gasteiger partial charge in [-0.2, -0.15) is 0 Å². The second kappa shape index (κ2) is 8.92. The third-order valence-electron chi connectivity index (χ3n) is 3.05. The standard InChI is InChI=1S/C16H21NO4/c1-17(10-3-2-4-11-18)16(21)14-7-5-6-13(12-14)8-9-15(19)20/h5-9,12,18H,2-4,10-11H2,1H3,(H,19,20)/b9-8+. The Labute approximate surface area is 124 Å². The molecule has 0 radical (unpaired) electrons. The number of aliphatic hydroxyl groups excluding tert-OH is 1. The van der Waals surface area contributed by atoms with Crippen LogP contribution in [0.5, 0.6) is 0 Å². The highest BCUT2D eigenvalue weighted by Gasteiger charge is 2.11. The van der Waals surface area contributed by atoms with E-state index in [9.17, 15) is 9.59 Å². The lowest BCUT2D eigenvalue weighted by Crippen LogP contribution is -2.27. The number of rotatable bonds is 8. The first kappa shape index (κ1) is 16.9. The average Bonchev–Trinajstić information content (AvgIpc) is 2.49. The smallest absolute Gasteiger partial charge is 0.328 e. The van der Waals surface area contributed by atoms with Crippen molar-refractivity contribution in [3.63, 3.8) is 0 Å². The molecule has 5 heteroatoms. The molecule has 1 rings (SSSR count). The molecule has 0 bridgehead atoms. The molecule has 1 aromatic carbocycles. The number of carbonyl (C=O) groups is 2. The van der Waals surface area contributed by atoms with E-state index in [4.69, 9.17) is 10.2 Å². The molecule has 0 unspecified atom stereocenters. The van der Waals surface area contributed by atoms with Gasteiger partial charge in [0, 0.05) is 31.8 Å². The van der Waals surface area contributed by atoms with Crippen molar-refractivity contribution in [2.45, 2.75) is 19.3 Å². The van der Waals surface area contributed by atoms with Crippen LogP contribution in [0.25, 0.3) is 6.08 Å². The number of nitrogens with zero attached hydrogens (tertiary/aromatic N) is 1. The molecule has 1 amide bonds. The minimum atomic E-state index is -1.02. The molecule has 0 saturated heterocycles. The molecule has 21 heavy (non-hydrogen) atoms. The fourth-order valence-corrected chi connectivity index (χ4v) is 1.90. The van der Waals surface area contributed by atoms with Gasteiger partial charge in [-0.3, -0.25) is 4.79 Å². The van der Waals surface area contributed by atoms with Crippen LogP contribution in [0.1, 0.15) is 35.2 Å². The molecule has 5 nitrogen and oxygen atoms in total. The summed E-state index contributed by atoms with van der Waals surface area (Å²) in [5.74, 6) is -1.11. The molecule has 0 saturated carbocycles. The van der Waals surface area contributed by atoms with Crippen LogP contribution in [0.3, 0.4) is 0 Å². The van der Waals surface area contributed by atoms with E-state index in [-0.39, 0.29) is 12.5 Å². The second-order valence-corrected chi connectivity index (χ2v) is 4.81. The molecule has 0 atom stereocenters. The van der Waals surface area contributed by atoms with Gasteiger partial charge >= 0.3 is 5.97 Å². The van der Waals surface area contributed by atoms with Gasteiger partial charge in [-0.05, 0) is 43.0 Å². The average molecular weight is 291 g/mol. The van der Waals surface area contributed by atoms with Gasteiger partial charge in [0.25, 0.3) is 5.91 Å². The summed E-state index contributed by atoms with van der Waals surface area (Å²) >= 11 is 0. The minimum Gasteiger partial charge on any atom is -0.478 e. The van der Waals surface area contributed by atoms with Crippen LogP contribution in [-0.2, 0) is 4.79 Å². The van der Waals surface area contributed by atoms with Gasteiger partial charge in [0.1, 0.15) is 0 Å². The number of carboxylic acid groups (broad SMARTS) is 1. The molecule has 0 aliphatic rings. The molecule has 0 aliphatic heterocycles. The Morgan fingerprint density at radius 2 is 2.00 bits per heavy atom. The second-order valence-electron chi connectivity index (χ2n) is 4.81. The number of benzene rings is 1. The first-order valence-corrected chi connectivity index (χ1v) is 6.92.